The zero-order chi connectivity index (χ0) is 17.3. The summed E-state index contributed by atoms with van der Waals surface area (Å²) in [7, 11) is 0. The van der Waals surface area contributed by atoms with Crippen molar-refractivity contribution in [3.05, 3.63) is 54.2 Å². The van der Waals surface area contributed by atoms with Gasteiger partial charge in [0.25, 0.3) is 0 Å². The van der Waals surface area contributed by atoms with E-state index in [9.17, 15) is 9.90 Å². The number of benzene rings is 1. The highest BCUT2D eigenvalue weighted by molar-refractivity contribution is 7.14. The number of piperidine rings is 1. The summed E-state index contributed by atoms with van der Waals surface area (Å²) in [5, 5.41) is 17.0. The fourth-order valence-electron chi connectivity index (χ4n) is 3.28. The Morgan fingerprint density at radius 1 is 1.16 bits per heavy atom. The first kappa shape index (κ1) is 15.8. The van der Waals surface area contributed by atoms with Crippen LogP contribution >= 0.6 is 11.3 Å². The number of aromatic nitrogens is 3. The highest BCUT2D eigenvalue weighted by atomic mass is 32.1. The Hall–Kier alpha value is -2.67. The van der Waals surface area contributed by atoms with Gasteiger partial charge in [0.15, 0.2) is 10.7 Å². The Labute approximate surface area is 149 Å². The van der Waals surface area contributed by atoms with E-state index < -0.39 is 11.5 Å². The minimum absolute atomic E-state index is 0.504. The molecule has 25 heavy (non-hydrogen) atoms. The molecular weight excluding hydrogens is 336 g/mol. The topological polar surface area (TPSA) is 71.2 Å². The largest absolute Gasteiger partial charge is 0.479 e. The van der Waals surface area contributed by atoms with E-state index in [1.54, 1.807) is 34.5 Å². The molecule has 0 saturated carbocycles. The molecule has 1 saturated heterocycles. The van der Waals surface area contributed by atoms with Gasteiger partial charge in [-0.15, -0.1) is 11.3 Å². The van der Waals surface area contributed by atoms with E-state index in [1.165, 1.54) is 0 Å². The average Bonchev–Trinajstić information content (AvgIpc) is 3.35. The zero-order valence-corrected chi connectivity index (χ0v) is 14.4. The molecule has 0 atom stereocenters. The van der Waals surface area contributed by atoms with Crippen LogP contribution in [0.15, 0.2) is 54.2 Å². The van der Waals surface area contributed by atoms with Gasteiger partial charge in [-0.1, -0.05) is 30.3 Å². The molecule has 0 spiro atoms. The highest BCUT2D eigenvalue weighted by Crippen LogP contribution is 2.34. The minimum Gasteiger partial charge on any atom is -0.479 e. The van der Waals surface area contributed by atoms with Crippen molar-refractivity contribution < 1.29 is 9.90 Å². The van der Waals surface area contributed by atoms with Crippen molar-refractivity contribution >= 4 is 22.4 Å². The van der Waals surface area contributed by atoms with Gasteiger partial charge in [0.1, 0.15) is 0 Å². The normalized spacial score (nSPS) is 16.7. The van der Waals surface area contributed by atoms with Crippen molar-refractivity contribution in [1.82, 2.24) is 14.8 Å². The summed E-state index contributed by atoms with van der Waals surface area (Å²) in [6.07, 6.45) is 4.37. The van der Waals surface area contributed by atoms with E-state index in [1.807, 2.05) is 30.3 Å². The van der Waals surface area contributed by atoms with E-state index in [-0.39, 0.29) is 0 Å². The van der Waals surface area contributed by atoms with Gasteiger partial charge in [-0.25, -0.2) is 9.78 Å². The second-order valence-electron chi connectivity index (χ2n) is 6.16. The molecule has 3 heterocycles. The highest BCUT2D eigenvalue weighted by Gasteiger charge is 2.44. The van der Waals surface area contributed by atoms with E-state index in [0.717, 1.165) is 16.4 Å². The maximum Gasteiger partial charge on any atom is 0.331 e. The van der Waals surface area contributed by atoms with Gasteiger partial charge >= 0.3 is 5.97 Å². The molecule has 0 bridgehead atoms. The van der Waals surface area contributed by atoms with Crippen LogP contribution in [0.4, 0.5) is 5.13 Å². The second-order valence-corrected chi connectivity index (χ2v) is 6.99. The van der Waals surface area contributed by atoms with Crippen LogP contribution in [-0.4, -0.2) is 38.9 Å². The molecule has 6 nitrogen and oxygen atoms in total. The lowest BCUT2D eigenvalue weighted by atomic mass is 9.88. The first-order chi connectivity index (χ1) is 12.2. The van der Waals surface area contributed by atoms with E-state index >= 15 is 0 Å². The van der Waals surface area contributed by atoms with Crippen molar-refractivity contribution in [3.8, 4) is 11.3 Å². The van der Waals surface area contributed by atoms with Crippen LogP contribution in [0.1, 0.15) is 12.8 Å². The number of carboxylic acid groups (broad SMARTS) is 1. The van der Waals surface area contributed by atoms with Gasteiger partial charge in [-0.2, -0.15) is 5.10 Å². The van der Waals surface area contributed by atoms with Gasteiger partial charge in [0, 0.05) is 49.3 Å². The molecule has 1 fully saturated rings. The van der Waals surface area contributed by atoms with Crippen LogP contribution in [0, 0.1) is 0 Å². The van der Waals surface area contributed by atoms with Crippen LogP contribution in [0.25, 0.3) is 11.3 Å². The summed E-state index contributed by atoms with van der Waals surface area (Å²) in [4.78, 5) is 18.8. The van der Waals surface area contributed by atoms with Gasteiger partial charge in [0.05, 0.1) is 5.69 Å². The molecule has 1 aliphatic rings. The predicted octanol–water partition coefficient (Wildman–Crippen LogP) is 3.09. The number of hydrogen-bond acceptors (Lipinski definition) is 5. The summed E-state index contributed by atoms with van der Waals surface area (Å²) in [6.45, 7) is 1.29. The Morgan fingerprint density at radius 3 is 2.56 bits per heavy atom. The third-order valence-corrected chi connectivity index (χ3v) is 5.67. The SMILES string of the molecule is O=C(O)C1(n2cccn2)CCN(c2nc(-c3ccccc3)cs2)CC1. The van der Waals surface area contributed by atoms with Gasteiger partial charge in [-0.3, -0.25) is 4.68 Å². The maximum atomic E-state index is 11.9. The Kier molecular flexibility index (Phi) is 4.01. The quantitative estimate of drug-likeness (QED) is 0.779. The van der Waals surface area contributed by atoms with E-state index in [2.05, 4.69) is 15.4 Å². The zero-order valence-electron chi connectivity index (χ0n) is 13.6. The maximum absolute atomic E-state index is 11.9. The molecule has 4 rings (SSSR count). The predicted molar refractivity (Wildman–Crippen MR) is 96.8 cm³/mol. The molecule has 0 aliphatic carbocycles. The van der Waals surface area contributed by atoms with Crippen molar-refractivity contribution in [2.75, 3.05) is 18.0 Å². The molecule has 0 unspecified atom stereocenters. The number of hydrogen-bond donors (Lipinski definition) is 1. The number of thiazole rings is 1. The Morgan fingerprint density at radius 2 is 1.92 bits per heavy atom. The van der Waals surface area contributed by atoms with Gasteiger partial charge in [0.2, 0.25) is 0 Å². The lowest BCUT2D eigenvalue weighted by Crippen LogP contribution is -2.51. The van der Waals surface area contributed by atoms with Crippen LogP contribution in [0.3, 0.4) is 0 Å². The summed E-state index contributed by atoms with van der Waals surface area (Å²) >= 11 is 1.60. The van der Waals surface area contributed by atoms with Crippen molar-refractivity contribution in [1.29, 1.82) is 0 Å². The molecular formula is C18H18N4O2S. The summed E-state index contributed by atoms with van der Waals surface area (Å²) in [6, 6.07) is 11.8. The van der Waals surface area contributed by atoms with Gasteiger partial charge < -0.3 is 10.0 Å². The van der Waals surface area contributed by atoms with Crippen LogP contribution < -0.4 is 4.90 Å². The number of carbonyl (C=O) groups is 1. The van der Waals surface area contributed by atoms with Crippen LogP contribution in [-0.2, 0) is 10.3 Å². The lowest BCUT2D eigenvalue weighted by Gasteiger charge is -2.38. The van der Waals surface area contributed by atoms with Crippen molar-refractivity contribution in [2.45, 2.75) is 18.4 Å². The van der Waals surface area contributed by atoms with Gasteiger partial charge in [-0.05, 0) is 6.07 Å². The fourth-order valence-corrected chi connectivity index (χ4v) is 4.17. The molecule has 1 aliphatic heterocycles. The molecule has 1 N–H and O–H groups in total. The molecule has 1 aromatic carbocycles. The summed E-state index contributed by atoms with van der Waals surface area (Å²) < 4.78 is 1.59. The molecule has 0 amide bonds. The van der Waals surface area contributed by atoms with Crippen LogP contribution in [0.2, 0.25) is 0 Å². The molecule has 2 aromatic heterocycles. The molecule has 128 valence electrons. The number of anilines is 1. The third-order valence-electron chi connectivity index (χ3n) is 4.76. The smallest absolute Gasteiger partial charge is 0.331 e. The van der Waals surface area contributed by atoms with E-state index in [0.29, 0.717) is 25.9 Å². The number of carboxylic acids is 1. The number of rotatable bonds is 4. The molecule has 7 heteroatoms. The fraction of sp³-hybridized carbons (Fsp3) is 0.278. The van der Waals surface area contributed by atoms with Crippen LogP contribution in [0.5, 0.6) is 0 Å². The first-order valence-corrected chi connectivity index (χ1v) is 9.06. The summed E-state index contributed by atoms with van der Waals surface area (Å²) in [5.74, 6) is -0.819. The standard InChI is InChI=1S/C18H18N4O2S/c23-16(24)18(22-10-4-9-19-22)7-11-21(12-8-18)17-20-15(13-25-17)14-5-2-1-3-6-14/h1-6,9-10,13H,7-8,11-12H2,(H,23,24). The number of nitrogens with zero attached hydrogens (tertiary/aromatic N) is 4. The average molecular weight is 354 g/mol. The molecule has 3 aromatic rings. The Bertz CT molecular complexity index is 852. The molecule has 0 radical (unpaired) electrons. The lowest BCUT2D eigenvalue weighted by molar-refractivity contribution is -0.149. The summed E-state index contributed by atoms with van der Waals surface area (Å²) in [5.41, 5.74) is 1.10. The minimum atomic E-state index is -0.959. The number of aliphatic carboxylic acids is 1. The van der Waals surface area contributed by atoms with E-state index in [4.69, 9.17) is 4.98 Å². The van der Waals surface area contributed by atoms with Crippen molar-refractivity contribution in [2.24, 2.45) is 0 Å². The Balaban J connectivity index is 1.52. The second kappa shape index (κ2) is 6.33. The third kappa shape index (κ3) is 2.80. The first-order valence-electron chi connectivity index (χ1n) is 8.18. The van der Waals surface area contributed by atoms with Crippen molar-refractivity contribution in [3.63, 3.8) is 0 Å². The monoisotopic (exact) mass is 354 g/mol.